The van der Waals surface area contributed by atoms with Crippen molar-refractivity contribution in [2.24, 2.45) is 0 Å². The van der Waals surface area contributed by atoms with Crippen LogP contribution in [0.3, 0.4) is 0 Å². The summed E-state index contributed by atoms with van der Waals surface area (Å²) in [6, 6.07) is 9.36. The van der Waals surface area contributed by atoms with E-state index in [-0.39, 0.29) is 5.78 Å². The Morgan fingerprint density at radius 3 is 0.899 bits per heavy atom. The van der Waals surface area contributed by atoms with Gasteiger partial charge in [0.1, 0.15) is 6.15 Å². The molecule has 0 fully saturated rings. The molecule has 1 heterocycles. The van der Waals surface area contributed by atoms with Gasteiger partial charge in [0.05, 0.1) is 44.5 Å². The maximum atomic E-state index is 14.2. The number of pyridine rings is 1. The first-order chi connectivity index (χ1) is 35.9. The highest BCUT2D eigenvalue weighted by Gasteiger charge is 2.47. The third-order valence-corrected chi connectivity index (χ3v) is 12.4. The Kier molecular flexibility index (Phi) is 16.3. The minimum atomic E-state index is -6.13. The zero-order valence-corrected chi connectivity index (χ0v) is 39.6. The van der Waals surface area contributed by atoms with Gasteiger partial charge in [-0.25, -0.2) is 0 Å². The number of hydrogen-bond donors (Lipinski definition) is 0. The fourth-order valence-corrected chi connectivity index (χ4v) is 8.66. The van der Waals surface area contributed by atoms with E-state index in [1.165, 1.54) is 10.9 Å². The largest absolute Gasteiger partial charge is 0.416 e. The van der Waals surface area contributed by atoms with Crippen LogP contribution in [-0.2, 0) is 56.0 Å². The predicted octanol–water partition coefficient (Wildman–Crippen LogP) is 15.3. The number of aromatic nitrogens is 1. The molecule has 7 aromatic rings. The van der Waals surface area contributed by atoms with Gasteiger partial charge in [-0.15, -0.1) is 0 Å². The highest BCUT2D eigenvalue weighted by molar-refractivity contribution is 7.20. The second-order valence-electron chi connectivity index (χ2n) is 18.2. The smallest absolute Gasteiger partial charge is 0.287 e. The van der Waals surface area contributed by atoms with Gasteiger partial charge in [-0.1, -0.05) is 105 Å². The number of hydrogen-bond acceptors (Lipinski definition) is 1. The molecular formula is C52H32BF24NO. The Bertz CT molecular complexity index is 2920. The zero-order chi connectivity index (χ0) is 59.4. The maximum Gasteiger partial charge on any atom is 0.416 e. The van der Waals surface area contributed by atoms with Crippen LogP contribution in [0.1, 0.15) is 80.2 Å². The molecular weight excluding hydrogens is 1120 g/mol. The minimum absolute atomic E-state index is 0.135. The van der Waals surface area contributed by atoms with Crippen LogP contribution >= 0.6 is 0 Å². The molecule has 422 valence electrons. The van der Waals surface area contributed by atoms with E-state index >= 15 is 0 Å². The van der Waals surface area contributed by atoms with Gasteiger partial charge in [-0.2, -0.15) is 132 Å². The molecule has 0 amide bonds. The van der Waals surface area contributed by atoms with Gasteiger partial charge in [0.25, 0.3) is 0 Å². The number of benzene rings is 6. The van der Waals surface area contributed by atoms with Crippen molar-refractivity contribution in [3.63, 3.8) is 0 Å². The summed E-state index contributed by atoms with van der Waals surface area (Å²) < 4.78 is 343. The number of alkyl halides is 24. The van der Waals surface area contributed by atoms with Gasteiger partial charge in [0, 0.05) is 17.0 Å². The normalized spacial score (nSPS) is 13.4. The van der Waals surface area contributed by atoms with E-state index in [0.29, 0.717) is 12.5 Å². The fraction of sp³-hybridized carbons (Fsp3) is 0.231. The molecule has 0 aliphatic rings. The van der Waals surface area contributed by atoms with E-state index in [1.807, 2.05) is 59.4 Å². The molecule has 0 unspecified atom stereocenters. The molecule has 0 saturated carbocycles. The molecule has 0 spiro atoms. The SMILES string of the molecule is CC(C)c1ccc(C(=O)C[n+]2ccc3ccccc3c2)cc1.FC(F)(F)c1cc([B-](c2cc(C(F)(F)F)cc(C(F)(F)F)c2)(c2cc(C(F)(F)F)cc(C(F)(F)F)c2)c2cc(C(F)(F)F)cc(C(F)(F)F)c2)cc(C(F)(F)F)c1. The second kappa shape index (κ2) is 21.1. The molecule has 0 bridgehead atoms. The van der Waals surface area contributed by atoms with Crippen LogP contribution < -0.4 is 26.4 Å². The number of ketones is 1. The number of rotatable bonds is 8. The average molecular weight is 1150 g/mol. The van der Waals surface area contributed by atoms with Crippen molar-refractivity contribution < 1.29 is 115 Å². The minimum Gasteiger partial charge on any atom is -0.287 e. The first-order valence-corrected chi connectivity index (χ1v) is 22.3. The maximum absolute atomic E-state index is 14.2. The van der Waals surface area contributed by atoms with Crippen LogP contribution in [0.25, 0.3) is 10.8 Å². The van der Waals surface area contributed by atoms with Gasteiger partial charge in [-0.3, -0.25) is 4.79 Å². The van der Waals surface area contributed by atoms with Crippen LogP contribution in [0, 0.1) is 0 Å². The third-order valence-electron chi connectivity index (χ3n) is 12.4. The van der Waals surface area contributed by atoms with E-state index in [9.17, 15) is 110 Å². The van der Waals surface area contributed by atoms with Gasteiger partial charge < -0.3 is 0 Å². The van der Waals surface area contributed by atoms with Gasteiger partial charge in [0.15, 0.2) is 12.4 Å². The van der Waals surface area contributed by atoms with Gasteiger partial charge in [0.2, 0.25) is 12.3 Å². The Hall–Kier alpha value is -7.22. The summed E-state index contributed by atoms with van der Waals surface area (Å²) in [6.07, 6.45) is -50.8. The number of carbonyl (C=O) groups excluding carboxylic acids is 1. The van der Waals surface area contributed by atoms with Crippen LogP contribution in [0.5, 0.6) is 0 Å². The Morgan fingerprint density at radius 1 is 0.380 bits per heavy atom. The molecule has 27 heteroatoms. The lowest BCUT2D eigenvalue weighted by Gasteiger charge is -2.46. The van der Waals surface area contributed by atoms with E-state index in [0.717, 1.165) is 10.9 Å². The number of nitrogens with zero attached hydrogens (tertiary/aromatic N) is 1. The summed E-state index contributed by atoms with van der Waals surface area (Å²) in [6.45, 7) is 4.68. The highest BCUT2D eigenvalue weighted by Crippen LogP contribution is 2.41. The predicted molar refractivity (Wildman–Crippen MR) is 239 cm³/mol. The second-order valence-corrected chi connectivity index (χ2v) is 18.2. The fourth-order valence-electron chi connectivity index (χ4n) is 8.66. The molecule has 7 rings (SSSR count). The summed E-state index contributed by atoms with van der Waals surface area (Å²) >= 11 is 0. The molecule has 0 radical (unpaired) electrons. The number of fused-ring (bicyclic) bond motifs is 1. The number of carbonyl (C=O) groups is 1. The van der Waals surface area contributed by atoms with E-state index in [1.54, 1.807) is 0 Å². The van der Waals surface area contributed by atoms with Gasteiger partial charge in [-0.05, 0) is 47.2 Å². The van der Waals surface area contributed by atoms with Gasteiger partial charge >= 0.3 is 49.4 Å². The summed E-state index contributed by atoms with van der Waals surface area (Å²) in [7, 11) is 0. The van der Waals surface area contributed by atoms with Crippen LogP contribution in [0.4, 0.5) is 105 Å². The lowest BCUT2D eigenvalue weighted by molar-refractivity contribution is -0.681. The van der Waals surface area contributed by atoms with Crippen molar-refractivity contribution in [1.82, 2.24) is 0 Å². The molecule has 1 aromatic heterocycles. The van der Waals surface area contributed by atoms with Crippen LogP contribution in [0.15, 0.2) is 140 Å². The van der Waals surface area contributed by atoms with Crippen molar-refractivity contribution in [2.75, 3.05) is 0 Å². The van der Waals surface area contributed by atoms with Crippen LogP contribution in [-0.4, -0.2) is 11.9 Å². The van der Waals surface area contributed by atoms with Crippen molar-refractivity contribution in [2.45, 2.75) is 75.7 Å². The first-order valence-electron chi connectivity index (χ1n) is 22.3. The molecule has 0 saturated heterocycles. The lowest BCUT2D eigenvalue weighted by Crippen LogP contribution is -2.75. The average Bonchev–Trinajstić information content (AvgIpc) is 3.32. The molecule has 0 aliphatic heterocycles. The number of Topliss-reactive ketones (excluding diaryl/α,β-unsaturated/α-hetero) is 1. The summed E-state index contributed by atoms with van der Waals surface area (Å²) in [4.78, 5) is 12.4. The Labute approximate surface area is 429 Å². The Morgan fingerprint density at radius 2 is 0.646 bits per heavy atom. The summed E-state index contributed by atoms with van der Waals surface area (Å²) in [5.74, 6) is 0.620. The zero-order valence-electron chi connectivity index (χ0n) is 39.6. The van der Waals surface area contributed by atoms with Crippen molar-refractivity contribution in [3.05, 3.63) is 195 Å². The van der Waals surface area contributed by atoms with Crippen LogP contribution in [0.2, 0.25) is 0 Å². The quantitative estimate of drug-likeness (QED) is 0.0643. The van der Waals surface area contributed by atoms with Crippen molar-refractivity contribution in [3.8, 4) is 0 Å². The summed E-state index contributed by atoms with van der Waals surface area (Å²) in [5, 5.41) is 2.33. The summed E-state index contributed by atoms with van der Waals surface area (Å²) in [5.41, 5.74) is -28.2. The molecule has 0 N–H and O–H groups in total. The van der Waals surface area contributed by atoms with E-state index in [2.05, 4.69) is 26.0 Å². The molecule has 2 nitrogen and oxygen atoms in total. The Balaban J connectivity index is 0.000000378. The molecule has 6 aromatic carbocycles. The van der Waals surface area contributed by atoms with E-state index < -0.39 is 195 Å². The number of halogens is 24. The standard InChI is InChI=1S/C32H12BF24.C20H20NO/c34-25(35,36)13-1-14(26(37,38)39)6-21(5-13)33(22-7-15(27(40,41)42)2-16(8-22)28(43,44)45,23-9-17(29(46,47)48)3-18(10-23)30(49,50)51)24-11-19(31(52,53)54)4-20(12-24)32(55,56)57;1-15(2)16-7-9-18(10-8-16)20(22)14-21-12-11-17-5-3-4-6-19(17)13-21/h1-12H;3-13,15H,14H2,1-2H3/q-1;+1. The molecule has 79 heavy (non-hydrogen) atoms. The van der Waals surface area contributed by atoms with E-state index in [4.69, 9.17) is 0 Å². The molecule has 0 atom stereocenters. The first kappa shape index (κ1) is 61.0. The highest BCUT2D eigenvalue weighted by atomic mass is 19.4. The third kappa shape index (κ3) is 14.0. The topological polar surface area (TPSA) is 20.9 Å². The van der Waals surface area contributed by atoms with Crippen molar-refractivity contribution >= 4 is 44.6 Å². The molecule has 0 aliphatic carbocycles. The lowest BCUT2D eigenvalue weighted by atomic mass is 9.12. The van der Waals surface area contributed by atoms with Crippen molar-refractivity contribution in [1.29, 1.82) is 0 Å². The monoisotopic (exact) mass is 1150 g/mol.